The van der Waals surface area contributed by atoms with Gasteiger partial charge in [-0.25, -0.2) is 0 Å². The first kappa shape index (κ1) is 16.2. The topological polar surface area (TPSA) is 58.6 Å². The normalized spacial score (nSPS) is 14.0. The van der Waals surface area contributed by atoms with E-state index in [0.29, 0.717) is 0 Å². The van der Waals surface area contributed by atoms with Crippen LogP contribution < -0.4 is 5.32 Å². The Morgan fingerprint density at radius 1 is 1.35 bits per heavy atom. The molecule has 0 fully saturated rings. The summed E-state index contributed by atoms with van der Waals surface area (Å²) in [7, 11) is 0. The molecule has 4 nitrogen and oxygen atoms in total. The summed E-state index contributed by atoms with van der Waals surface area (Å²) in [6.07, 6.45) is -5.10. The Balaban J connectivity index is 3.72. The van der Waals surface area contributed by atoms with E-state index in [0.717, 1.165) is 0 Å². The van der Waals surface area contributed by atoms with Gasteiger partial charge in [0.2, 0.25) is 0 Å². The van der Waals surface area contributed by atoms with Gasteiger partial charge in [0, 0.05) is 12.6 Å². The van der Waals surface area contributed by atoms with Crippen molar-refractivity contribution in [1.82, 2.24) is 5.32 Å². The second-order valence-corrected chi connectivity index (χ2v) is 3.98. The number of rotatable bonds is 8. The van der Waals surface area contributed by atoms with Gasteiger partial charge >= 0.3 is 12.1 Å². The average Bonchev–Trinajstić information content (AvgIpc) is 2.12. The van der Waals surface area contributed by atoms with E-state index in [1.165, 1.54) is 0 Å². The van der Waals surface area contributed by atoms with Crippen LogP contribution in [-0.2, 0) is 9.53 Å². The Morgan fingerprint density at radius 3 is 2.35 bits per heavy atom. The molecule has 0 rings (SSSR count). The van der Waals surface area contributed by atoms with E-state index >= 15 is 0 Å². The second kappa shape index (κ2) is 7.50. The van der Waals surface area contributed by atoms with Gasteiger partial charge in [-0.1, -0.05) is 13.8 Å². The molecule has 0 spiro atoms. The van der Waals surface area contributed by atoms with Gasteiger partial charge in [-0.05, 0) is 6.42 Å². The molecular weight excluding hydrogens is 239 g/mol. The first-order valence-electron chi connectivity index (χ1n) is 5.35. The molecule has 2 N–H and O–H groups in total. The van der Waals surface area contributed by atoms with Crippen LogP contribution in [0.1, 0.15) is 26.7 Å². The van der Waals surface area contributed by atoms with Crippen LogP contribution in [0.3, 0.4) is 0 Å². The summed E-state index contributed by atoms with van der Waals surface area (Å²) < 4.78 is 40.0. The first-order valence-corrected chi connectivity index (χ1v) is 5.35. The number of carboxylic acid groups (broad SMARTS) is 1. The third-order valence-corrected chi connectivity index (χ3v) is 1.91. The molecule has 0 aliphatic rings. The van der Waals surface area contributed by atoms with Crippen LogP contribution in [0.15, 0.2) is 0 Å². The molecule has 0 heterocycles. The van der Waals surface area contributed by atoms with Crippen LogP contribution in [0.4, 0.5) is 13.2 Å². The molecule has 102 valence electrons. The molecule has 0 saturated carbocycles. The second-order valence-electron chi connectivity index (χ2n) is 3.98. The van der Waals surface area contributed by atoms with E-state index in [4.69, 9.17) is 9.84 Å². The molecule has 0 saturated heterocycles. The Bertz CT molecular complexity index is 231. The van der Waals surface area contributed by atoms with Gasteiger partial charge in [0.05, 0.1) is 13.0 Å². The molecule has 0 aliphatic carbocycles. The first-order chi connectivity index (χ1) is 7.72. The summed E-state index contributed by atoms with van der Waals surface area (Å²) in [5.74, 6) is -1.03. The summed E-state index contributed by atoms with van der Waals surface area (Å²) in [5.41, 5.74) is 0. The molecule has 1 unspecified atom stereocenters. The molecule has 0 aromatic heterocycles. The van der Waals surface area contributed by atoms with Gasteiger partial charge in [-0.15, -0.1) is 0 Å². The lowest BCUT2D eigenvalue weighted by Gasteiger charge is -2.17. The SMILES string of the molecule is CC(C)NC(CCOCCC(F)(F)F)C(=O)O. The Kier molecular flexibility index (Phi) is 7.13. The molecule has 17 heavy (non-hydrogen) atoms. The number of halogens is 3. The molecule has 0 aliphatic heterocycles. The fourth-order valence-electron chi connectivity index (χ4n) is 1.17. The van der Waals surface area contributed by atoms with E-state index in [-0.39, 0.29) is 19.1 Å². The number of hydrogen-bond donors (Lipinski definition) is 2. The van der Waals surface area contributed by atoms with Gasteiger partial charge in [0.15, 0.2) is 0 Å². The molecular formula is C10H18F3NO3. The van der Waals surface area contributed by atoms with Gasteiger partial charge < -0.3 is 15.2 Å². The minimum atomic E-state index is -4.23. The monoisotopic (exact) mass is 257 g/mol. The van der Waals surface area contributed by atoms with Crippen molar-refractivity contribution in [3.63, 3.8) is 0 Å². The molecule has 0 radical (unpaired) electrons. The highest BCUT2D eigenvalue weighted by atomic mass is 19.4. The van der Waals surface area contributed by atoms with Crippen LogP contribution in [0, 0.1) is 0 Å². The van der Waals surface area contributed by atoms with Gasteiger partial charge in [0.25, 0.3) is 0 Å². The zero-order valence-electron chi connectivity index (χ0n) is 9.88. The van der Waals surface area contributed by atoms with Crippen molar-refractivity contribution in [2.45, 2.75) is 44.9 Å². The number of nitrogens with one attached hydrogen (secondary N) is 1. The van der Waals surface area contributed by atoms with E-state index in [1.807, 2.05) is 0 Å². The molecule has 0 aromatic rings. The molecule has 0 amide bonds. The van der Waals surface area contributed by atoms with Crippen molar-refractivity contribution in [1.29, 1.82) is 0 Å². The van der Waals surface area contributed by atoms with E-state index < -0.39 is 31.2 Å². The van der Waals surface area contributed by atoms with Gasteiger partial charge in [0.1, 0.15) is 6.04 Å². The summed E-state index contributed by atoms with van der Waals surface area (Å²) in [4.78, 5) is 10.8. The predicted octanol–water partition coefficient (Wildman–Crippen LogP) is 1.80. The minimum absolute atomic E-state index is 0.00718. The fourth-order valence-corrected chi connectivity index (χ4v) is 1.17. The van der Waals surface area contributed by atoms with Crippen molar-refractivity contribution < 1.29 is 27.8 Å². The van der Waals surface area contributed by atoms with Crippen LogP contribution >= 0.6 is 0 Å². The lowest BCUT2D eigenvalue weighted by molar-refractivity contribution is -0.147. The maximum Gasteiger partial charge on any atom is 0.391 e. The predicted molar refractivity (Wildman–Crippen MR) is 55.8 cm³/mol. The summed E-state index contributed by atoms with van der Waals surface area (Å²) in [6.45, 7) is 3.14. The smallest absolute Gasteiger partial charge is 0.391 e. The number of ether oxygens (including phenoxy) is 1. The number of hydrogen-bond acceptors (Lipinski definition) is 3. The van der Waals surface area contributed by atoms with Gasteiger partial charge in [-0.2, -0.15) is 13.2 Å². The third kappa shape index (κ3) is 10.1. The van der Waals surface area contributed by atoms with Crippen molar-refractivity contribution in [2.24, 2.45) is 0 Å². The largest absolute Gasteiger partial charge is 0.480 e. The minimum Gasteiger partial charge on any atom is -0.480 e. The Labute approximate surface area is 98.1 Å². The number of carbonyl (C=O) groups is 1. The van der Waals surface area contributed by atoms with Crippen LogP contribution in [-0.4, -0.2) is 42.5 Å². The lowest BCUT2D eigenvalue weighted by Crippen LogP contribution is -2.41. The average molecular weight is 257 g/mol. The highest BCUT2D eigenvalue weighted by molar-refractivity contribution is 5.73. The Hall–Kier alpha value is -0.820. The lowest BCUT2D eigenvalue weighted by atomic mass is 10.2. The van der Waals surface area contributed by atoms with Crippen molar-refractivity contribution >= 4 is 5.97 Å². The van der Waals surface area contributed by atoms with Crippen molar-refractivity contribution in [3.05, 3.63) is 0 Å². The maximum absolute atomic E-state index is 11.8. The number of alkyl halides is 3. The van der Waals surface area contributed by atoms with Crippen LogP contribution in [0.5, 0.6) is 0 Å². The molecule has 0 bridgehead atoms. The summed E-state index contributed by atoms with van der Waals surface area (Å²) in [6, 6.07) is -0.799. The van der Waals surface area contributed by atoms with Crippen molar-refractivity contribution in [3.8, 4) is 0 Å². The molecule has 0 aromatic carbocycles. The highest BCUT2D eigenvalue weighted by Gasteiger charge is 2.26. The van der Waals surface area contributed by atoms with Crippen LogP contribution in [0.2, 0.25) is 0 Å². The standard InChI is InChI=1S/C10H18F3NO3/c1-7(2)14-8(9(15)16)3-5-17-6-4-10(11,12)13/h7-8,14H,3-6H2,1-2H3,(H,15,16). The zero-order valence-corrected chi connectivity index (χ0v) is 9.88. The van der Waals surface area contributed by atoms with Gasteiger partial charge in [-0.3, -0.25) is 4.79 Å². The quantitative estimate of drug-likeness (QED) is 0.651. The third-order valence-electron chi connectivity index (χ3n) is 1.91. The summed E-state index contributed by atoms with van der Waals surface area (Å²) >= 11 is 0. The molecule has 7 heteroatoms. The summed E-state index contributed by atoms with van der Waals surface area (Å²) in [5, 5.41) is 11.6. The zero-order chi connectivity index (χ0) is 13.5. The van der Waals surface area contributed by atoms with E-state index in [2.05, 4.69) is 5.32 Å². The Morgan fingerprint density at radius 2 is 1.94 bits per heavy atom. The highest BCUT2D eigenvalue weighted by Crippen LogP contribution is 2.18. The van der Waals surface area contributed by atoms with Crippen LogP contribution in [0.25, 0.3) is 0 Å². The number of aliphatic carboxylic acids is 1. The van der Waals surface area contributed by atoms with E-state index in [1.54, 1.807) is 13.8 Å². The number of carboxylic acids is 1. The molecule has 1 atom stereocenters. The van der Waals surface area contributed by atoms with Crippen molar-refractivity contribution in [2.75, 3.05) is 13.2 Å². The fraction of sp³-hybridized carbons (Fsp3) is 0.900. The van der Waals surface area contributed by atoms with E-state index in [9.17, 15) is 18.0 Å². The maximum atomic E-state index is 11.8.